The third-order valence-corrected chi connectivity index (χ3v) is 3.18. The molecule has 2 aromatic rings. The SMILES string of the molecule is COc1cc(CP(=O)(O)O)n2cc(C(=O)O)nc2c1. The second-order valence-electron chi connectivity index (χ2n) is 3.87. The topological polar surface area (TPSA) is 121 Å². The number of methoxy groups -OCH3 is 1. The van der Waals surface area contributed by atoms with Crippen LogP contribution in [0, 0.1) is 0 Å². The molecule has 0 aliphatic rings. The number of hydrogen-bond acceptors (Lipinski definition) is 4. The van der Waals surface area contributed by atoms with E-state index in [1.807, 2.05) is 0 Å². The lowest BCUT2D eigenvalue weighted by Gasteiger charge is -2.09. The van der Waals surface area contributed by atoms with Crippen LogP contribution in [-0.2, 0) is 10.7 Å². The lowest BCUT2D eigenvalue weighted by molar-refractivity contribution is 0.0691. The van der Waals surface area contributed by atoms with E-state index in [0.29, 0.717) is 5.75 Å². The molecular weight excluding hydrogens is 275 g/mol. The molecule has 3 N–H and O–H groups in total. The second-order valence-corrected chi connectivity index (χ2v) is 5.51. The number of hydrogen-bond donors (Lipinski definition) is 3. The lowest BCUT2D eigenvalue weighted by Crippen LogP contribution is -1.98. The van der Waals surface area contributed by atoms with Crippen molar-refractivity contribution in [3.05, 3.63) is 29.7 Å². The van der Waals surface area contributed by atoms with Crippen LogP contribution in [0.1, 0.15) is 16.2 Å². The van der Waals surface area contributed by atoms with Crippen molar-refractivity contribution in [1.29, 1.82) is 0 Å². The minimum Gasteiger partial charge on any atom is -0.497 e. The van der Waals surface area contributed by atoms with Crippen molar-refractivity contribution in [1.82, 2.24) is 9.38 Å². The molecule has 0 aliphatic carbocycles. The molecular formula is C10H11N2O6P. The van der Waals surface area contributed by atoms with Crippen molar-refractivity contribution in [3.8, 4) is 5.75 Å². The summed E-state index contributed by atoms with van der Waals surface area (Å²) in [6, 6.07) is 2.91. The standard InChI is InChI=1S/C10H11N2O6P/c1-18-7-2-6(5-19(15,16)17)12-4-8(10(13)14)11-9(12)3-7/h2-4H,5H2,1H3,(H,13,14)(H2,15,16,17). The maximum atomic E-state index is 11.1. The summed E-state index contributed by atoms with van der Waals surface area (Å²) >= 11 is 0. The van der Waals surface area contributed by atoms with Gasteiger partial charge in [-0.25, -0.2) is 9.78 Å². The highest BCUT2D eigenvalue weighted by Gasteiger charge is 2.19. The van der Waals surface area contributed by atoms with Gasteiger partial charge in [0.15, 0.2) is 5.69 Å². The summed E-state index contributed by atoms with van der Waals surface area (Å²) in [5.41, 5.74) is 0.267. The van der Waals surface area contributed by atoms with Crippen molar-refractivity contribution >= 4 is 19.2 Å². The van der Waals surface area contributed by atoms with Crippen molar-refractivity contribution in [2.45, 2.75) is 6.16 Å². The highest BCUT2D eigenvalue weighted by atomic mass is 31.2. The number of fused-ring (bicyclic) bond motifs is 1. The molecule has 0 radical (unpaired) electrons. The molecule has 0 unspecified atom stereocenters. The molecule has 19 heavy (non-hydrogen) atoms. The van der Waals surface area contributed by atoms with E-state index in [0.717, 1.165) is 0 Å². The molecule has 0 fully saturated rings. The molecule has 0 aliphatic heterocycles. The molecule has 2 aromatic heterocycles. The highest BCUT2D eigenvalue weighted by Crippen LogP contribution is 2.39. The maximum Gasteiger partial charge on any atom is 0.356 e. The largest absolute Gasteiger partial charge is 0.497 e. The molecule has 0 bridgehead atoms. The molecule has 2 heterocycles. The Labute approximate surface area is 107 Å². The van der Waals surface area contributed by atoms with Crippen LogP contribution in [0.15, 0.2) is 18.3 Å². The number of nitrogens with zero attached hydrogens (tertiary/aromatic N) is 2. The van der Waals surface area contributed by atoms with Crippen LogP contribution in [0.2, 0.25) is 0 Å². The van der Waals surface area contributed by atoms with Gasteiger partial charge in [0, 0.05) is 24.0 Å². The quantitative estimate of drug-likeness (QED) is 0.708. The van der Waals surface area contributed by atoms with Gasteiger partial charge in [-0.3, -0.25) is 4.57 Å². The maximum absolute atomic E-state index is 11.1. The second kappa shape index (κ2) is 4.65. The van der Waals surface area contributed by atoms with Gasteiger partial charge in [0.1, 0.15) is 11.4 Å². The van der Waals surface area contributed by atoms with Crippen LogP contribution >= 0.6 is 7.60 Å². The summed E-state index contributed by atoms with van der Waals surface area (Å²) in [4.78, 5) is 32.8. The Morgan fingerprint density at radius 3 is 2.68 bits per heavy atom. The first-order valence-electron chi connectivity index (χ1n) is 5.14. The number of carboxylic acids is 1. The minimum absolute atomic E-state index is 0.208. The summed E-state index contributed by atoms with van der Waals surface area (Å²) in [6.07, 6.45) is 0.679. The molecule has 0 saturated carbocycles. The van der Waals surface area contributed by atoms with Crippen LogP contribution in [0.3, 0.4) is 0 Å². The average molecular weight is 286 g/mol. The van der Waals surface area contributed by atoms with Gasteiger partial charge >= 0.3 is 13.6 Å². The molecule has 0 atom stereocenters. The van der Waals surface area contributed by atoms with Crippen LogP contribution in [0.4, 0.5) is 0 Å². The lowest BCUT2D eigenvalue weighted by atomic mass is 10.3. The number of imidazole rings is 1. The molecule has 0 amide bonds. The van der Waals surface area contributed by atoms with Gasteiger partial charge in [-0.2, -0.15) is 0 Å². The molecule has 8 nitrogen and oxygen atoms in total. The Hall–Kier alpha value is -1.89. The third kappa shape index (κ3) is 2.93. The van der Waals surface area contributed by atoms with E-state index in [4.69, 9.17) is 19.6 Å². The Kier molecular flexibility index (Phi) is 3.32. The van der Waals surface area contributed by atoms with Crippen LogP contribution in [0.25, 0.3) is 5.65 Å². The molecule has 2 rings (SSSR count). The van der Waals surface area contributed by atoms with E-state index in [2.05, 4.69) is 4.98 Å². The summed E-state index contributed by atoms with van der Waals surface area (Å²) in [6.45, 7) is 0. The van der Waals surface area contributed by atoms with E-state index in [1.54, 1.807) is 0 Å². The number of rotatable bonds is 4. The average Bonchev–Trinajstić information content (AvgIpc) is 2.70. The van der Waals surface area contributed by atoms with Crippen molar-refractivity contribution in [3.63, 3.8) is 0 Å². The van der Waals surface area contributed by atoms with E-state index < -0.39 is 19.7 Å². The first-order valence-corrected chi connectivity index (χ1v) is 6.94. The number of pyridine rings is 1. The van der Waals surface area contributed by atoms with Crippen molar-refractivity contribution in [2.24, 2.45) is 0 Å². The fraction of sp³-hybridized carbons (Fsp3) is 0.200. The highest BCUT2D eigenvalue weighted by molar-refractivity contribution is 7.50. The van der Waals surface area contributed by atoms with Gasteiger partial charge in [0.05, 0.1) is 13.3 Å². The smallest absolute Gasteiger partial charge is 0.356 e. The van der Waals surface area contributed by atoms with E-state index in [-0.39, 0.29) is 17.0 Å². The number of carboxylic acid groups (broad SMARTS) is 1. The van der Waals surface area contributed by atoms with E-state index >= 15 is 0 Å². The van der Waals surface area contributed by atoms with Gasteiger partial charge in [-0.1, -0.05) is 0 Å². The van der Waals surface area contributed by atoms with Crippen molar-refractivity contribution in [2.75, 3.05) is 7.11 Å². The van der Waals surface area contributed by atoms with Gasteiger partial charge in [-0.05, 0) is 0 Å². The van der Waals surface area contributed by atoms with Crippen LogP contribution in [-0.4, -0.2) is 37.4 Å². The summed E-state index contributed by atoms with van der Waals surface area (Å²) in [7, 11) is -2.89. The summed E-state index contributed by atoms with van der Waals surface area (Å²) < 4.78 is 17.4. The molecule has 0 saturated heterocycles. The Morgan fingerprint density at radius 2 is 2.16 bits per heavy atom. The van der Waals surface area contributed by atoms with Crippen LogP contribution in [0.5, 0.6) is 5.75 Å². The molecule has 0 spiro atoms. The molecule has 102 valence electrons. The number of ether oxygens (including phenoxy) is 1. The predicted molar refractivity (Wildman–Crippen MR) is 64.5 cm³/mol. The first-order chi connectivity index (χ1) is 8.80. The fourth-order valence-electron chi connectivity index (χ4n) is 1.68. The fourth-order valence-corrected chi connectivity index (χ4v) is 2.35. The van der Waals surface area contributed by atoms with Gasteiger partial charge in [0.25, 0.3) is 0 Å². The number of carbonyl (C=O) groups is 1. The zero-order valence-electron chi connectivity index (χ0n) is 9.85. The number of aromatic nitrogens is 2. The minimum atomic E-state index is -4.29. The van der Waals surface area contributed by atoms with Gasteiger partial charge < -0.3 is 24.0 Å². The molecule has 0 aromatic carbocycles. The zero-order chi connectivity index (χ0) is 14.2. The van der Waals surface area contributed by atoms with Gasteiger partial charge in [0.2, 0.25) is 0 Å². The predicted octanol–water partition coefficient (Wildman–Crippen LogP) is 0.719. The zero-order valence-corrected chi connectivity index (χ0v) is 10.7. The van der Waals surface area contributed by atoms with E-state index in [1.165, 1.54) is 29.8 Å². The third-order valence-electron chi connectivity index (χ3n) is 2.45. The van der Waals surface area contributed by atoms with E-state index in [9.17, 15) is 9.36 Å². The number of aromatic carboxylic acids is 1. The summed E-state index contributed by atoms with van der Waals surface area (Å²) in [5.74, 6) is -0.872. The molecule has 9 heteroatoms. The summed E-state index contributed by atoms with van der Waals surface area (Å²) in [5, 5.41) is 8.88. The van der Waals surface area contributed by atoms with Crippen LogP contribution < -0.4 is 4.74 Å². The van der Waals surface area contributed by atoms with Crippen molar-refractivity contribution < 1.29 is 29.0 Å². The Balaban J connectivity index is 2.65. The Bertz CT molecular complexity index is 689. The normalized spacial score (nSPS) is 11.7. The van der Waals surface area contributed by atoms with Gasteiger partial charge in [-0.15, -0.1) is 0 Å². The first kappa shape index (κ1) is 13.5. The Morgan fingerprint density at radius 1 is 1.47 bits per heavy atom. The monoisotopic (exact) mass is 286 g/mol.